The standard InChI is InChI=1S/C25H26ClN7O3/c1-32-22-9-15(3-4-17(22)13-29-32)12-28-24(34)16-5-7-33(8-6-16)25(35)21-11-20(30-31-21)18-10-23(36-2)27-14-19(18)26/h3-4,9-11,13-14,16H,5-8,12H2,1-2H3,(H,28,34)(H,30,31). The van der Waals surface area contributed by atoms with Gasteiger partial charge in [-0.15, -0.1) is 0 Å². The first-order valence-electron chi connectivity index (χ1n) is 11.7. The van der Waals surface area contributed by atoms with Crippen LogP contribution in [0.15, 0.2) is 42.7 Å². The molecule has 0 spiro atoms. The fraction of sp³-hybridized carbons (Fsp3) is 0.320. The number of carbonyl (C=O) groups is 2. The zero-order valence-corrected chi connectivity index (χ0v) is 20.7. The maximum Gasteiger partial charge on any atom is 0.271 e. The SMILES string of the molecule is COc1cc(-c2cc(C(=O)N3CCC(C(=O)NCc4ccc5cnn(C)c5c4)CC3)[nH]n2)c(Cl)cn1. The molecule has 5 rings (SSSR count). The molecule has 3 aromatic heterocycles. The molecular formula is C25H26ClN7O3. The third-order valence-electron chi connectivity index (χ3n) is 6.56. The van der Waals surface area contributed by atoms with E-state index in [1.54, 1.807) is 17.0 Å². The monoisotopic (exact) mass is 507 g/mol. The van der Waals surface area contributed by atoms with Crippen LogP contribution in [0.4, 0.5) is 0 Å². The molecule has 2 N–H and O–H groups in total. The van der Waals surface area contributed by atoms with Crippen LogP contribution in [-0.2, 0) is 18.4 Å². The van der Waals surface area contributed by atoms with Crippen molar-refractivity contribution in [1.29, 1.82) is 0 Å². The smallest absolute Gasteiger partial charge is 0.271 e. The summed E-state index contributed by atoms with van der Waals surface area (Å²) in [5, 5.41) is 15.8. The van der Waals surface area contributed by atoms with Crippen molar-refractivity contribution in [1.82, 2.24) is 35.2 Å². The number of carbonyl (C=O) groups excluding carboxylic acids is 2. The molecule has 1 aliphatic rings. The number of fused-ring (bicyclic) bond motifs is 1. The van der Waals surface area contributed by atoms with Crippen molar-refractivity contribution < 1.29 is 14.3 Å². The fourth-order valence-corrected chi connectivity index (χ4v) is 4.65. The number of hydrogen-bond donors (Lipinski definition) is 2. The zero-order chi connectivity index (χ0) is 25.2. The van der Waals surface area contributed by atoms with Crippen molar-refractivity contribution in [2.24, 2.45) is 13.0 Å². The van der Waals surface area contributed by atoms with Crippen molar-refractivity contribution in [3.05, 3.63) is 59.0 Å². The van der Waals surface area contributed by atoms with Gasteiger partial charge in [0.05, 0.1) is 35.7 Å². The van der Waals surface area contributed by atoms with Gasteiger partial charge in [0.1, 0.15) is 5.69 Å². The fourth-order valence-electron chi connectivity index (χ4n) is 4.44. The van der Waals surface area contributed by atoms with Gasteiger partial charge in [-0.3, -0.25) is 19.4 Å². The number of rotatable bonds is 6. The minimum atomic E-state index is -0.158. The molecule has 36 heavy (non-hydrogen) atoms. The maximum absolute atomic E-state index is 13.0. The van der Waals surface area contributed by atoms with Crippen molar-refractivity contribution in [2.45, 2.75) is 19.4 Å². The Labute approximate surface area is 212 Å². The van der Waals surface area contributed by atoms with Crippen molar-refractivity contribution >= 4 is 34.3 Å². The summed E-state index contributed by atoms with van der Waals surface area (Å²) in [5.41, 5.74) is 3.57. The molecule has 2 amide bonds. The first-order chi connectivity index (χ1) is 17.4. The first-order valence-corrected chi connectivity index (χ1v) is 12.0. The van der Waals surface area contributed by atoms with Gasteiger partial charge in [0, 0.05) is 49.6 Å². The molecule has 4 aromatic rings. The van der Waals surface area contributed by atoms with E-state index in [2.05, 4.69) is 25.6 Å². The molecule has 1 aromatic carbocycles. The highest BCUT2D eigenvalue weighted by molar-refractivity contribution is 6.33. The number of amides is 2. The van der Waals surface area contributed by atoms with Gasteiger partial charge in [0.2, 0.25) is 11.8 Å². The highest BCUT2D eigenvalue weighted by Gasteiger charge is 2.28. The van der Waals surface area contributed by atoms with Crippen LogP contribution in [0.2, 0.25) is 5.02 Å². The van der Waals surface area contributed by atoms with Crippen LogP contribution >= 0.6 is 11.6 Å². The summed E-state index contributed by atoms with van der Waals surface area (Å²) in [7, 11) is 3.42. The van der Waals surface area contributed by atoms with E-state index >= 15 is 0 Å². The van der Waals surface area contributed by atoms with Crippen LogP contribution < -0.4 is 10.1 Å². The number of hydrogen-bond acceptors (Lipinski definition) is 6. The van der Waals surface area contributed by atoms with E-state index in [1.165, 1.54) is 13.3 Å². The lowest BCUT2D eigenvalue weighted by Crippen LogP contribution is -2.43. The van der Waals surface area contributed by atoms with Gasteiger partial charge < -0.3 is 15.0 Å². The second-order valence-electron chi connectivity index (χ2n) is 8.82. The predicted octanol–water partition coefficient (Wildman–Crippen LogP) is 3.19. The van der Waals surface area contributed by atoms with Crippen molar-refractivity contribution in [2.75, 3.05) is 20.2 Å². The van der Waals surface area contributed by atoms with E-state index in [1.807, 2.05) is 36.1 Å². The summed E-state index contributed by atoms with van der Waals surface area (Å²) >= 11 is 6.25. The lowest BCUT2D eigenvalue weighted by atomic mass is 9.95. The summed E-state index contributed by atoms with van der Waals surface area (Å²) in [6, 6.07) is 9.39. The number of aryl methyl sites for hydroxylation is 1. The molecule has 10 nitrogen and oxygen atoms in total. The highest BCUT2D eigenvalue weighted by Crippen LogP contribution is 2.29. The molecule has 11 heteroatoms. The minimum Gasteiger partial charge on any atom is -0.481 e. The Kier molecular flexibility index (Phi) is 6.60. The van der Waals surface area contributed by atoms with Crippen molar-refractivity contribution in [3.63, 3.8) is 0 Å². The third-order valence-corrected chi connectivity index (χ3v) is 6.86. The molecule has 186 valence electrons. The number of pyridine rings is 1. The molecule has 0 atom stereocenters. The van der Waals surface area contributed by atoms with Crippen LogP contribution in [0.5, 0.6) is 5.88 Å². The van der Waals surface area contributed by atoms with Gasteiger partial charge in [-0.05, 0) is 30.5 Å². The second kappa shape index (κ2) is 9.98. The number of ether oxygens (including phenoxy) is 1. The summed E-state index contributed by atoms with van der Waals surface area (Å²) in [5.74, 6) is 0.129. The quantitative estimate of drug-likeness (QED) is 0.414. The molecule has 0 bridgehead atoms. The number of nitrogens with zero attached hydrogens (tertiary/aromatic N) is 5. The van der Waals surface area contributed by atoms with Crippen LogP contribution in [0.25, 0.3) is 22.2 Å². The Morgan fingerprint density at radius 3 is 2.78 bits per heavy atom. The minimum absolute atomic E-state index is 0.0114. The number of nitrogens with one attached hydrogen (secondary N) is 2. The second-order valence-corrected chi connectivity index (χ2v) is 9.23. The van der Waals surface area contributed by atoms with Crippen LogP contribution in [0.3, 0.4) is 0 Å². The van der Waals surface area contributed by atoms with Gasteiger partial charge in [-0.25, -0.2) is 4.98 Å². The largest absolute Gasteiger partial charge is 0.481 e. The van der Waals surface area contributed by atoms with E-state index in [4.69, 9.17) is 16.3 Å². The number of likely N-dealkylation sites (tertiary alicyclic amines) is 1. The molecule has 1 saturated heterocycles. The first kappa shape index (κ1) is 23.8. The van der Waals surface area contributed by atoms with E-state index in [0.29, 0.717) is 60.3 Å². The Morgan fingerprint density at radius 2 is 2.00 bits per heavy atom. The lowest BCUT2D eigenvalue weighted by Gasteiger charge is -2.31. The molecule has 0 saturated carbocycles. The summed E-state index contributed by atoms with van der Waals surface area (Å²) in [6.45, 7) is 1.45. The summed E-state index contributed by atoms with van der Waals surface area (Å²) in [4.78, 5) is 31.6. The van der Waals surface area contributed by atoms with Crippen LogP contribution in [0, 0.1) is 5.92 Å². The molecule has 1 aliphatic heterocycles. The molecule has 0 unspecified atom stereocenters. The molecule has 0 radical (unpaired) electrons. The van der Waals surface area contributed by atoms with Gasteiger partial charge >= 0.3 is 0 Å². The highest BCUT2D eigenvalue weighted by atomic mass is 35.5. The van der Waals surface area contributed by atoms with Gasteiger partial charge in [-0.2, -0.15) is 10.2 Å². The Bertz CT molecular complexity index is 1420. The average molecular weight is 508 g/mol. The van der Waals surface area contributed by atoms with Crippen LogP contribution in [-0.4, -0.2) is 61.9 Å². The Morgan fingerprint density at radius 1 is 1.19 bits per heavy atom. The van der Waals surface area contributed by atoms with E-state index < -0.39 is 0 Å². The van der Waals surface area contributed by atoms with Gasteiger partial charge in [0.25, 0.3) is 5.91 Å². The van der Waals surface area contributed by atoms with E-state index in [0.717, 1.165) is 16.5 Å². The molecule has 4 heterocycles. The maximum atomic E-state index is 13.0. The summed E-state index contributed by atoms with van der Waals surface area (Å²) in [6.07, 6.45) is 4.51. The Hall–Kier alpha value is -3.92. The van der Waals surface area contributed by atoms with Gasteiger partial charge in [-0.1, -0.05) is 23.7 Å². The van der Waals surface area contributed by atoms with Crippen molar-refractivity contribution in [3.8, 4) is 17.1 Å². The summed E-state index contributed by atoms with van der Waals surface area (Å²) < 4.78 is 6.97. The number of aromatic amines is 1. The number of benzene rings is 1. The predicted molar refractivity (Wildman–Crippen MR) is 135 cm³/mol. The number of methoxy groups -OCH3 is 1. The van der Waals surface area contributed by atoms with E-state index in [9.17, 15) is 9.59 Å². The normalized spacial score (nSPS) is 14.2. The third kappa shape index (κ3) is 4.76. The molecule has 0 aliphatic carbocycles. The van der Waals surface area contributed by atoms with Gasteiger partial charge in [0.15, 0.2) is 0 Å². The molecular weight excluding hydrogens is 482 g/mol. The van der Waals surface area contributed by atoms with Crippen LogP contribution in [0.1, 0.15) is 28.9 Å². The number of halogens is 1. The number of piperidine rings is 1. The molecule has 1 fully saturated rings. The number of aromatic nitrogens is 5. The number of H-pyrrole nitrogens is 1. The Balaban J connectivity index is 1.16. The van der Waals surface area contributed by atoms with E-state index in [-0.39, 0.29) is 17.7 Å². The average Bonchev–Trinajstić information content (AvgIpc) is 3.54. The topological polar surface area (TPSA) is 118 Å². The lowest BCUT2D eigenvalue weighted by molar-refractivity contribution is -0.126. The zero-order valence-electron chi connectivity index (χ0n) is 20.0.